The van der Waals surface area contributed by atoms with Crippen LogP contribution in [0.1, 0.15) is 63.4 Å². The van der Waals surface area contributed by atoms with E-state index in [1.165, 1.54) is 13.5 Å². The molecule has 0 aromatic heterocycles. The standard InChI is InChI=1S/C22H30F2O2/c1-3-4-5-18-11-10-17(14-26-18)15-6-8-16(9-7-15)19-12-13-20(25-2)22(24)21(19)23/h4-5,12-13,15-18H,3,6-11,14H2,1-2H3/b5-4+. The molecule has 1 aliphatic heterocycles. The van der Waals surface area contributed by atoms with Gasteiger partial charge in [0.2, 0.25) is 5.82 Å². The molecular weight excluding hydrogens is 334 g/mol. The SMILES string of the molecule is CC/C=C/C1CCC(C2CCC(c3ccc(OC)c(F)c3F)CC2)CO1. The Hall–Kier alpha value is -1.42. The van der Waals surface area contributed by atoms with Crippen molar-refractivity contribution >= 4 is 0 Å². The molecule has 144 valence electrons. The summed E-state index contributed by atoms with van der Waals surface area (Å²) in [5.74, 6) is -0.256. The Morgan fingerprint density at radius 1 is 1.04 bits per heavy atom. The summed E-state index contributed by atoms with van der Waals surface area (Å²) < 4.78 is 39.2. The Balaban J connectivity index is 1.54. The number of rotatable bonds is 5. The summed E-state index contributed by atoms with van der Waals surface area (Å²) in [7, 11) is 1.36. The van der Waals surface area contributed by atoms with Crippen LogP contribution in [0, 0.1) is 23.5 Å². The number of benzene rings is 1. The second kappa shape index (κ2) is 8.98. The molecule has 2 aliphatic rings. The molecule has 0 amide bonds. The van der Waals surface area contributed by atoms with E-state index in [0.29, 0.717) is 17.4 Å². The molecule has 2 unspecified atom stereocenters. The Morgan fingerprint density at radius 3 is 2.38 bits per heavy atom. The van der Waals surface area contributed by atoms with Crippen LogP contribution in [-0.2, 0) is 4.74 Å². The largest absolute Gasteiger partial charge is 0.494 e. The average molecular weight is 364 g/mol. The van der Waals surface area contributed by atoms with Crippen molar-refractivity contribution < 1.29 is 18.3 Å². The van der Waals surface area contributed by atoms with Gasteiger partial charge in [0.25, 0.3) is 0 Å². The number of halogens is 2. The number of hydrogen-bond acceptors (Lipinski definition) is 2. The van der Waals surface area contributed by atoms with Gasteiger partial charge in [0.15, 0.2) is 11.6 Å². The third-order valence-electron chi connectivity index (χ3n) is 6.11. The van der Waals surface area contributed by atoms with Gasteiger partial charge >= 0.3 is 0 Å². The lowest BCUT2D eigenvalue weighted by atomic mass is 9.72. The van der Waals surface area contributed by atoms with Crippen molar-refractivity contribution in [2.45, 2.75) is 63.9 Å². The maximum absolute atomic E-state index is 14.3. The Morgan fingerprint density at radius 2 is 1.77 bits per heavy atom. The summed E-state index contributed by atoms with van der Waals surface area (Å²) in [6, 6.07) is 3.23. The van der Waals surface area contributed by atoms with Crippen molar-refractivity contribution in [3.8, 4) is 5.75 Å². The fourth-order valence-electron chi connectivity index (χ4n) is 4.52. The van der Waals surface area contributed by atoms with E-state index < -0.39 is 11.6 Å². The first-order chi connectivity index (χ1) is 12.6. The van der Waals surface area contributed by atoms with Crippen molar-refractivity contribution in [1.82, 2.24) is 0 Å². The van der Waals surface area contributed by atoms with E-state index in [0.717, 1.165) is 45.1 Å². The second-order valence-corrected chi connectivity index (χ2v) is 7.64. The number of hydrogen-bond donors (Lipinski definition) is 0. The van der Waals surface area contributed by atoms with Crippen LogP contribution in [0.15, 0.2) is 24.3 Å². The van der Waals surface area contributed by atoms with E-state index in [1.807, 2.05) is 0 Å². The zero-order valence-electron chi connectivity index (χ0n) is 15.8. The van der Waals surface area contributed by atoms with E-state index in [9.17, 15) is 8.78 Å². The monoisotopic (exact) mass is 364 g/mol. The molecule has 0 radical (unpaired) electrons. The molecule has 1 saturated carbocycles. The fourth-order valence-corrected chi connectivity index (χ4v) is 4.52. The van der Waals surface area contributed by atoms with Crippen molar-refractivity contribution in [1.29, 1.82) is 0 Å². The third-order valence-corrected chi connectivity index (χ3v) is 6.11. The van der Waals surface area contributed by atoms with Gasteiger partial charge in [-0.15, -0.1) is 0 Å². The summed E-state index contributed by atoms with van der Waals surface area (Å²) in [6.07, 6.45) is 12.0. The van der Waals surface area contributed by atoms with Gasteiger partial charge in [-0.2, -0.15) is 4.39 Å². The molecule has 1 aromatic carbocycles. The summed E-state index contributed by atoms with van der Waals surface area (Å²) in [6.45, 7) is 2.97. The quantitative estimate of drug-likeness (QED) is 0.596. The van der Waals surface area contributed by atoms with E-state index in [4.69, 9.17) is 9.47 Å². The van der Waals surface area contributed by atoms with Gasteiger partial charge in [0.1, 0.15) is 0 Å². The highest BCUT2D eigenvalue weighted by molar-refractivity contribution is 5.33. The van der Waals surface area contributed by atoms with Crippen LogP contribution in [-0.4, -0.2) is 19.8 Å². The zero-order valence-corrected chi connectivity index (χ0v) is 15.8. The molecule has 3 rings (SSSR count). The van der Waals surface area contributed by atoms with Crippen LogP contribution in [0.5, 0.6) is 5.75 Å². The van der Waals surface area contributed by atoms with Gasteiger partial charge in [-0.05, 0) is 74.3 Å². The Bertz CT molecular complexity index is 613. The Kier molecular flexibility index (Phi) is 6.68. The van der Waals surface area contributed by atoms with E-state index >= 15 is 0 Å². The third kappa shape index (κ3) is 4.28. The van der Waals surface area contributed by atoms with Crippen molar-refractivity contribution in [2.75, 3.05) is 13.7 Å². The number of allylic oxidation sites excluding steroid dienone is 1. The normalized spacial score (nSPS) is 29.8. The van der Waals surface area contributed by atoms with Crippen molar-refractivity contribution in [3.63, 3.8) is 0 Å². The minimum atomic E-state index is -0.862. The van der Waals surface area contributed by atoms with Gasteiger partial charge in [0, 0.05) is 0 Å². The van der Waals surface area contributed by atoms with Gasteiger partial charge in [-0.3, -0.25) is 0 Å². The van der Waals surface area contributed by atoms with E-state index in [1.54, 1.807) is 12.1 Å². The van der Waals surface area contributed by atoms with E-state index in [-0.39, 0.29) is 17.8 Å². The van der Waals surface area contributed by atoms with Gasteiger partial charge in [-0.25, -0.2) is 4.39 Å². The lowest BCUT2D eigenvalue weighted by Crippen LogP contribution is -2.31. The van der Waals surface area contributed by atoms with Crippen LogP contribution < -0.4 is 4.74 Å². The molecule has 2 atom stereocenters. The summed E-state index contributed by atoms with van der Waals surface area (Å²) in [5.41, 5.74) is 0.506. The predicted molar refractivity (Wildman–Crippen MR) is 99.5 cm³/mol. The molecule has 1 aliphatic carbocycles. The van der Waals surface area contributed by atoms with Crippen LogP contribution in [0.4, 0.5) is 8.78 Å². The maximum atomic E-state index is 14.3. The smallest absolute Gasteiger partial charge is 0.200 e. The number of methoxy groups -OCH3 is 1. The zero-order chi connectivity index (χ0) is 18.5. The minimum Gasteiger partial charge on any atom is -0.494 e. The van der Waals surface area contributed by atoms with Gasteiger partial charge in [0.05, 0.1) is 19.8 Å². The molecule has 2 fully saturated rings. The van der Waals surface area contributed by atoms with Crippen LogP contribution >= 0.6 is 0 Å². The first kappa shape index (κ1) is 19.3. The topological polar surface area (TPSA) is 18.5 Å². The molecule has 1 heterocycles. The highest BCUT2D eigenvalue weighted by Gasteiger charge is 2.32. The fraction of sp³-hybridized carbons (Fsp3) is 0.636. The molecule has 1 saturated heterocycles. The first-order valence-corrected chi connectivity index (χ1v) is 9.94. The van der Waals surface area contributed by atoms with Crippen LogP contribution in [0.25, 0.3) is 0 Å². The molecule has 2 nitrogen and oxygen atoms in total. The molecule has 0 bridgehead atoms. The van der Waals surface area contributed by atoms with E-state index in [2.05, 4.69) is 19.1 Å². The number of ether oxygens (including phenoxy) is 2. The average Bonchev–Trinajstić information content (AvgIpc) is 2.69. The molecule has 1 aromatic rings. The molecule has 4 heteroatoms. The Labute approximate surface area is 155 Å². The molecular formula is C22H30F2O2. The van der Waals surface area contributed by atoms with Crippen molar-refractivity contribution in [2.24, 2.45) is 11.8 Å². The molecule has 0 spiro atoms. The first-order valence-electron chi connectivity index (χ1n) is 9.94. The summed E-state index contributed by atoms with van der Waals surface area (Å²) in [5, 5.41) is 0. The lowest BCUT2D eigenvalue weighted by molar-refractivity contribution is -0.0150. The molecule has 0 N–H and O–H groups in total. The van der Waals surface area contributed by atoms with Gasteiger partial charge < -0.3 is 9.47 Å². The van der Waals surface area contributed by atoms with Gasteiger partial charge in [-0.1, -0.05) is 25.1 Å². The van der Waals surface area contributed by atoms with Crippen molar-refractivity contribution in [3.05, 3.63) is 41.5 Å². The van der Waals surface area contributed by atoms with Crippen LogP contribution in [0.2, 0.25) is 0 Å². The highest BCUT2D eigenvalue weighted by Crippen LogP contribution is 2.42. The summed E-state index contributed by atoms with van der Waals surface area (Å²) >= 11 is 0. The highest BCUT2D eigenvalue weighted by atomic mass is 19.2. The van der Waals surface area contributed by atoms with Crippen LogP contribution in [0.3, 0.4) is 0 Å². The minimum absolute atomic E-state index is 0.0223. The summed E-state index contributed by atoms with van der Waals surface area (Å²) in [4.78, 5) is 0. The molecule has 26 heavy (non-hydrogen) atoms. The predicted octanol–water partition coefficient (Wildman–Crippen LogP) is 6.01. The lowest BCUT2D eigenvalue weighted by Gasteiger charge is -2.37. The maximum Gasteiger partial charge on any atom is 0.200 e. The second-order valence-electron chi connectivity index (χ2n) is 7.64.